The van der Waals surface area contributed by atoms with Gasteiger partial charge < -0.3 is 15.8 Å². The van der Waals surface area contributed by atoms with E-state index in [1.807, 2.05) is 12.1 Å². The van der Waals surface area contributed by atoms with Crippen LogP contribution in [0.15, 0.2) is 18.2 Å². The first-order valence-corrected chi connectivity index (χ1v) is 4.95. The van der Waals surface area contributed by atoms with Crippen LogP contribution in [-0.4, -0.2) is 19.8 Å². The molecule has 3 nitrogen and oxygen atoms in total. The Hall–Kier alpha value is -1.06. The van der Waals surface area contributed by atoms with Gasteiger partial charge in [0.1, 0.15) is 0 Å². The van der Waals surface area contributed by atoms with Gasteiger partial charge in [-0.15, -0.1) is 0 Å². The molecule has 14 heavy (non-hydrogen) atoms. The average Bonchev–Trinajstić information content (AvgIpc) is 2.23. The largest absolute Gasteiger partial charge is 0.399 e. The van der Waals surface area contributed by atoms with Crippen LogP contribution in [0.3, 0.4) is 0 Å². The summed E-state index contributed by atoms with van der Waals surface area (Å²) in [5.41, 5.74) is 9.13. The Morgan fingerprint density at radius 1 is 1.50 bits per heavy atom. The molecule has 1 heterocycles. The summed E-state index contributed by atoms with van der Waals surface area (Å²) in [7, 11) is 0. The first-order chi connectivity index (χ1) is 6.79. The second-order valence-electron chi connectivity index (χ2n) is 3.64. The molecule has 0 unspecified atom stereocenters. The first kappa shape index (κ1) is 9.49. The smallest absolute Gasteiger partial charge is 0.0662 e. The van der Waals surface area contributed by atoms with Gasteiger partial charge >= 0.3 is 0 Å². The number of hydrogen-bond donors (Lipinski definition) is 2. The Balaban J connectivity index is 2.26. The maximum absolute atomic E-state index is 5.86. The van der Waals surface area contributed by atoms with Crippen molar-refractivity contribution in [2.75, 3.05) is 25.5 Å². The lowest BCUT2D eigenvalue weighted by Gasteiger charge is -2.25. The lowest BCUT2D eigenvalue weighted by Crippen LogP contribution is -2.35. The van der Waals surface area contributed by atoms with E-state index < -0.39 is 0 Å². The average molecular weight is 192 g/mol. The zero-order valence-corrected chi connectivity index (χ0v) is 8.42. The fourth-order valence-electron chi connectivity index (χ4n) is 1.81. The predicted molar refractivity (Wildman–Crippen MR) is 57.2 cm³/mol. The van der Waals surface area contributed by atoms with E-state index in [1.54, 1.807) is 0 Å². The molecule has 3 N–H and O–H groups in total. The Morgan fingerprint density at radius 3 is 3.07 bits per heavy atom. The molecule has 0 aliphatic carbocycles. The van der Waals surface area contributed by atoms with Crippen molar-refractivity contribution < 1.29 is 4.74 Å². The topological polar surface area (TPSA) is 47.3 Å². The number of nitrogen functional groups attached to an aromatic ring is 1. The lowest BCUT2D eigenvalue weighted by atomic mass is 10.00. The van der Waals surface area contributed by atoms with Crippen molar-refractivity contribution in [2.24, 2.45) is 0 Å². The van der Waals surface area contributed by atoms with Crippen molar-refractivity contribution >= 4 is 5.69 Å². The molecule has 2 rings (SSSR count). The summed E-state index contributed by atoms with van der Waals surface area (Å²) in [5.74, 6) is 0. The molecule has 76 valence electrons. The zero-order chi connectivity index (χ0) is 9.97. The summed E-state index contributed by atoms with van der Waals surface area (Å²) in [6.07, 6.45) is 0. The van der Waals surface area contributed by atoms with Crippen LogP contribution in [0.2, 0.25) is 0 Å². The van der Waals surface area contributed by atoms with Crippen molar-refractivity contribution in [3.05, 3.63) is 29.3 Å². The van der Waals surface area contributed by atoms with Crippen LogP contribution in [0.5, 0.6) is 0 Å². The van der Waals surface area contributed by atoms with Gasteiger partial charge in [0.05, 0.1) is 19.3 Å². The van der Waals surface area contributed by atoms with E-state index in [9.17, 15) is 0 Å². The fourth-order valence-corrected chi connectivity index (χ4v) is 1.81. The van der Waals surface area contributed by atoms with Gasteiger partial charge in [-0.05, 0) is 24.1 Å². The monoisotopic (exact) mass is 192 g/mol. The van der Waals surface area contributed by atoms with Crippen molar-refractivity contribution in [3.8, 4) is 0 Å². The Morgan fingerprint density at radius 2 is 2.36 bits per heavy atom. The Kier molecular flexibility index (Phi) is 2.70. The predicted octanol–water partition coefficient (Wildman–Crippen LogP) is 1.24. The molecule has 0 radical (unpaired) electrons. The van der Waals surface area contributed by atoms with Crippen LogP contribution < -0.4 is 11.1 Å². The summed E-state index contributed by atoms with van der Waals surface area (Å²) < 4.78 is 5.43. The quantitative estimate of drug-likeness (QED) is 0.658. The second-order valence-corrected chi connectivity index (χ2v) is 3.64. The third kappa shape index (κ3) is 1.74. The molecule has 1 aromatic carbocycles. The molecular weight excluding hydrogens is 176 g/mol. The molecule has 1 fully saturated rings. The van der Waals surface area contributed by atoms with Gasteiger partial charge in [0.15, 0.2) is 0 Å². The third-order valence-corrected chi connectivity index (χ3v) is 2.71. The summed E-state index contributed by atoms with van der Waals surface area (Å²) in [6, 6.07) is 6.33. The summed E-state index contributed by atoms with van der Waals surface area (Å²) in [5, 5.41) is 3.42. The van der Waals surface area contributed by atoms with E-state index in [4.69, 9.17) is 10.5 Å². The number of benzene rings is 1. The zero-order valence-electron chi connectivity index (χ0n) is 8.42. The van der Waals surface area contributed by atoms with Crippen molar-refractivity contribution in [1.82, 2.24) is 5.32 Å². The number of morpholine rings is 1. The molecule has 1 saturated heterocycles. The van der Waals surface area contributed by atoms with E-state index in [0.717, 1.165) is 31.0 Å². The van der Waals surface area contributed by atoms with Crippen molar-refractivity contribution in [1.29, 1.82) is 0 Å². The van der Waals surface area contributed by atoms with Crippen LogP contribution in [0.1, 0.15) is 17.2 Å². The summed E-state index contributed by atoms with van der Waals surface area (Å²) in [6.45, 7) is 4.52. The minimum atomic E-state index is 0.298. The van der Waals surface area contributed by atoms with Crippen molar-refractivity contribution in [2.45, 2.75) is 13.0 Å². The number of anilines is 1. The molecule has 1 atom stereocenters. The van der Waals surface area contributed by atoms with E-state index in [2.05, 4.69) is 18.3 Å². The maximum atomic E-state index is 5.86. The minimum Gasteiger partial charge on any atom is -0.399 e. The number of nitrogens with two attached hydrogens (primary N) is 1. The van der Waals surface area contributed by atoms with E-state index >= 15 is 0 Å². The highest BCUT2D eigenvalue weighted by Gasteiger charge is 2.17. The summed E-state index contributed by atoms with van der Waals surface area (Å²) in [4.78, 5) is 0. The maximum Gasteiger partial charge on any atom is 0.0662 e. The van der Waals surface area contributed by atoms with Gasteiger partial charge in [0.2, 0.25) is 0 Å². The van der Waals surface area contributed by atoms with Gasteiger partial charge in [-0.2, -0.15) is 0 Å². The van der Waals surface area contributed by atoms with Gasteiger partial charge in [0, 0.05) is 12.2 Å². The molecule has 0 bridgehead atoms. The molecule has 0 amide bonds. The molecular formula is C11H16N2O. The SMILES string of the molecule is Cc1c(N)cccc1[C@H]1COCCN1. The van der Waals surface area contributed by atoms with Crippen molar-refractivity contribution in [3.63, 3.8) is 0 Å². The van der Waals surface area contributed by atoms with Gasteiger partial charge in [-0.3, -0.25) is 0 Å². The van der Waals surface area contributed by atoms with Crippen LogP contribution >= 0.6 is 0 Å². The van der Waals surface area contributed by atoms with Gasteiger partial charge in [0.25, 0.3) is 0 Å². The van der Waals surface area contributed by atoms with Crippen LogP contribution in [0, 0.1) is 6.92 Å². The molecule has 1 aromatic rings. The molecule has 1 aliphatic rings. The highest BCUT2D eigenvalue weighted by atomic mass is 16.5. The van der Waals surface area contributed by atoms with E-state index in [0.29, 0.717) is 6.04 Å². The lowest BCUT2D eigenvalue weighted by molar-refractivity contribution is 0.0767. The van der Waals surface area contributed by atoms with Crippen LogP contribution in [0.25, 0.3) is 0 Å². The van der Waals surface area contributed by atoms with Crippen LogP contribution in [-0.2, 0) is 4.74 Å². The molecule has 3 heteroatoms. The van der Waals surface area contributed by atoms with E-state index in [-0.39, 0.29) is 0 Å². The highest BCUT2D eigenvalue weighted by molar-refractivity contribution is 5.51. The van der Waals surface area contributed by atoms with Gasteiger partial charge in [-0.1, -0.05) is 12.1 Å². The third-order valence-electron chi connectivity index (χ3n) is 2.71. The molecule has 0 aromatic heterocycles. The Bertz CT molecular complexity index is 319. The number of nitrogens with one attached hydrogen (secondary N) is 1. The van der Waals surface area contributed by atoms with Crippen LogP contribution in [0.4, 0.5) is 5.69 Å². The highest BCUT2D eigenvalue weighted by Crippen LogP contribution is 2.23. The summed E-state index contributed by atoms with van der Waals surface area (Å²) >= 11 is 0. The molecule has 0 spiro atoms. The number of hydrogen-bond acceptors (Lipinski definition) is 3. The molecule has 1 aliphatic heterocycles. The fraction of sp³-hybridized carbons (Fsp3) is 0.455. The normalized spacial score (nSPS) is 22.2. The Labute approximate surface area is 84.3 Å². The van der Waals surface area contributed by atoms with Gasteiger partial charge in [-0.25, -0.2) is 0 Å². The van der Waals surface area contributed by atoms with E-state index in [1.165, 1.54) is 5.56 Å². The minimum absolute atomic E-state index is 0.298. The molecule has 0 saturated carbocycles. The number of rotatable bonds is 1. The number of ether oxygens (including phenoxy) is 1. The standard InChI is InChI=1S/C11H16N2O/c1-8-9(3-2-4-10(8)12)11-7-14-6-5-13-11/h2-4,11,13H,5-7,12H2,1H3/t11-/m1/s1. The first-order valence-electron chi connectivity index (χ1n) is 4.95. The second kappa shape index (κ2) is 3.98.